The number of aliphatic hydroxyl groups is 1. The largest absolute Gasteiger partial charge is 0.472 e. The van der Waals surface area contributed by atoms with Crippen LogP contribution in [0.25, 0.3) is 0 Å². The maximum atomic E-state index is 13.0. The van der Waals surface area contributed by atoms with E-state index in [9.17, 15) is 19.4 Å². The quantitative estimate of drug-likeness (QED) is 0.0243. The lowest BCUT2D eigenvalue weighted by Crippen LogP contribution is -2.45. The number of unbranched alkanes of at least 4 members (excludes halogenated alkanes) is 35. The molecule has 72 heavy (non-hydrogen) atoms. The first-order valence-corrected chi connectivity index (χ1v) is 32.2. The van der Waals surface area contributed by atoms with E-state index < -0.39 is 20.0 Å². The Kier molecular flexibility index (Phi) is 52.7. The van der Waals surface area contributed by atoms with Gasteiger partial charge in [0.25, 0.3) is 0 Å². The molecular weight excluding hydrogens is 912 g/mol. The number of aliphatic hydroxyl groups excluding tert-OH is 1. The Bertz CT molecular complexity index is 1360. The number of hydrogen-bond acceptors (Lipinski definition) is 5. The molecule has 0 aromatic rings. The average molecular weight is 1030 g/mol. The van der Waals surface area contributed by atoms with E-state index in [-0.39, 0.29) is 19.1 Å². The Labute approximate surface area is 447 Å². The fraction of sp³-hybridized carbons (Fsp3) is 0.825. The average Bonchev–Trinajstić information content (AvgIpc) is 3.34. The summed E-state index contributed by atoms with van der Waals surface area (Å²) in [6.45, 7) is 4.80. The Balaban J connectivity index is 4.10. The van der Waals surface area contributed by atoms with Gasteiger partial charge in [0.15, 0.2) is 0 Å². The van der Waals surface area contributed by atoms with Gasteiger partial charge in [-0.3, -0.25) is 13.8 Å². The molecule has 0 aliphatic carbocycles. The molecule has 3 unspecified atom stereocenters. The van der Waals surface area contributed by atoms with Crippen LogP contribution in [0.5, 0.6) is 0 Å². The number of phosphoric acid groups is 1. The molecular formula is C63H120N2O6P+. The highest BCUT2D eigenvalue weighted by Gasteiger charge is 2.27. The summed E-state index contributed by atoms with van der Waals surface area (Å²) in [7, 11) is 1.55. The number of likely N-dealkylation sites (N-methyl/N-ethyl adjacent to an activating group) is 1. The SMILES string of the molecule is CCCCCCCCC/C=C/CC/C=C/CC/C=C/C(O)C(COP(=O)(O)OCC[N+](C)(C)C)NC(=O)CCCCCCCCCCCCCCCCCCC/C=C\C/C=C\CCCCCCCCCCC. The number of allylic oxidation sites excluding steroid dienone is 9. The summed E-state index contributed by atoms with van der Waals surface area (Å²) in [6.07, 6.45) is 73.5. The maximum Gasteiger partial charge on any atom is 0.472 e. The monoisotopic (exact) mass is 1030 g/mol. The third-order valence-electron chi connectivity index (χ3n) is 13.7. The molecule has 0 aromatic carbocycles. The summed E-state index contributed by atoms with van der Waals surface area (Å²) in [4.78, 5) is 23.3. The van der Waals surface area contributed by atoms with Crippen molar-refractivity contribution in [3.05, 3.63) is 60.8 Å². The van der Waals surface area contributed by atoms with Gasteiger partial charge in [-0.05, 0) is 77.0 Å². The molecule has 422 valence electrons. The Hall–Kier alpha value is -1.80. The van der Waals surface area contributed by atoms with E-state index in [4.69, 9.17) is 9.05 Å². The molecule has 9 heteroatoms. The van der Waals surface area contributed by atoms with Crippen molar-refractivity contribution < 1.29 is 32.9 Å². The zero-order chi connectivity index (χ0) is 52.7. The van der Waals surface area contributed by atoms with E-state index in [2.05, 4.69) is 67.8 Å². The number of phosphoric ester groups is 1. The van der Waals surface area contributed by atoms with E-state index in [0.717, 1.165) is 51.4 Å². The van der Waals surface area contributed by atoms with Crippen molar-refractivity contribution in [1.29, 1.82) is 0 Å². The Morgan fingerprint density at radius 1 is 0.472 bits per heavy atom. The van der Waals surface area contributed by atoms with Crippen LogP contribution in [0.4, 0.5) is 0 Å². The summed E-state index contributed by atoms with van der Waals surface area (Å²) < 4.78 is 23.7. The molecule has 0 heterocycles. The van der Waals surface area contributed by atoms with Gasteiger partial charge in [-0.1, -0.05) is 261 Å². The van der Waals surface area contributed by atoms with Crippen molar-refractivity contribution in [3.63, 3.8) is 0 Å². The fourth-order valence-corrected chi connectivity index (χ4v) is 9.61. The van der Waals surface area contributed by atoms with Crippen LogP contribution in [0.3, 0.4) is 0 Å². The van der Waals surface area contributed by atoms with Crippen LogP contribution in [-0.2, 0) is 18.4 Å². The molecule has 1 amide bonds. The zero-order valence-corrected chi connectivity index (χ0v) is 49.1. The molecule has 0 bridgehead atoms. The van der Waals surface area contributed by atoms with Crippen LogP contribution in [0.15, 0.2) is 60.8 Å². The minimum Gasteiger partial charge on any atom is -0.387 e. The van der Waals surface area contributed by atoms with Gasteiger partial charge >= 0.3 is 7.82 Å². The summed E-state index contributed by atoms with van der Waals surface area (Å²) >= 11 is 0. The van der Waals surface area contributed by atoms with Crippen LogP contribution in [-0.4, -0.2) is 73.4 Å². The Morgan fingerprint density at radius 2 is 0.806 bits per heavy atom. The molecule has 8 nitrogen and oxygen atoms in total. The molecule has 0 fully saturated rings. The molecule has 0 radical (unpaired) electrons. The van der Waals surface area contributed by atoms with Crippen molar-refractivity contribution in [2.75, 3.05) is 40.9 Å². The minimum atomic E-state index is -4.36. The lowest BCUT2D eigenvalue weighted by atomic mass is 10.0. The normalized spacial score (nSPS) is 14.3. The number of rotatable bonds is 56. The number of carbonyl (C=O) groups excluding carboxylic acids is 1. The number of nitrogens with one attached hydrogen (secondary N) is 1. The first kappa shape index (κ1) is 70.2. The highest BCUT2D eigenvalue weighted by molar-refractivity contribution is 7.47. The van der Waals surface area contributed by atoms with E-state index >= 15 is 0 Å². The number of carbonyl (C=O) groups is 1. The van der Waals surface area contributed by atoms with Crippen LogP contribution in [0.1, 0.15) is 284 Å². The molecule has 3 N–H and O–H groups in total. The summed E-state index contributed by atoms with van der Waals surface area (Å²) in [5.41, 5.74) is 0. The van der Waals surface area contributed by atoms with Gasteiger partial charge in [-0.15, -0.1) is 0 Å². The van der Waals surface area contributed by atoms with Gasteiger partial charge in [0, 0.05) is 6.42 Å². The van der Waals surface area contributed by atoms with Crippen molar-refractivity contribution in [2.24, 2.45) is 0 Å². The van der Waals surface area contributed by atoms with Crippen molar-refractivity contribution in [3.8, 4) is 0 Å². The van der Waals surface area contributed by atoms with Crippen molar-refractivity contribution in [2.45, 2.75) is 296 Å². The molecule has 0 rings (SSSR count). The molecule has 0 aromatic heterocycles. The molecule has 0 spiro atoms. The predicted octanol–water partition coefficient (Wildman–Crippen LogP) is 18.9. The first-order valence-electron chi connectivity index (χ1n) is 30.7. The third kappa shape index (κ3) is 55.9. The summed E-state index contributed by atoms with van der Waals surface area (Å²) in [6, 6.07) is -0.871. The number of quaternary nitrogens is 1. The highest BCUT2D eigenvalue weighted by Crippen LogP contribution is 2.43. The summed E-state index contributed by atoms with van der Waals surface area (Å²) in [5, 5.41) is 13.9. The minimum absolute atomic E-state index is 0.0529. The van der Waals surface area contributed by atoms with Crippen LogP contribution in [0.2, 0.25) is 0 Å². The van der Waals surface area contributed by atoms with Gasteiger partial charge in [-0.2, -0.15) is 0 Å². The molecule has 0 aliphatic rings. The summed E-state index contributed by atoms with van der Waals surface area (Å²) in [5.74, 6) is -0.189. The fourth-order valence-electron chi connectivity index (χ4n) is 8.87. The topological polar surface area (TPSA) is 105 Å². The maximum absolute atomic E-state index is 13.0. The number of hydrogen-bond donors (Lipinski definition) is 3. The lowest BCUT2D eigenvalue weighted by Gasteiger charge is -2.25. The van der Waals surface area contributed by atoms with E-state index in [1.54, 1.807) is 6.08 Å². The van der Waals surface area contributed by atoms with E-state index in [1.165, 1.54) is 212 Å². The van der Waals surface area contributed by atoms with E-state index in [0.29, 0.717) is 17.4 Å². The second kappa shape index (κ2) is 54.0. The van der Waals surface area contributed by atoms with Gasteiger partial charge < -0.3 is 19.8 Å². The first-order chi connectivity index (χ1) is 35.0. The van der Waals surface area contributed by atoms with Gasteiger partial charge in [0.05, 0.1) is 39.9 Å². The predicted molar refractivity (Wildman–Crippen MR) is 314 cm³/mol. The van der Waals surface area contributed by atoms with Gasteiger partial charge in [0.1, 0.15) is 13.2 Å². The van der Waals surface area contributed by atoms with Crippen LogP contribution in [0, 0.1) is 0 Å². The zero-order valence-electron chi connectivity index (χ0n) is 48.2. The number of nitrogens with zero attached hydrogens (tertiary/aromatic N) is 1. The lowest BCUT2D eigenvalue weighted by molar-refractivity contribution is -0.870. The Morgan fingerprint density at radius 3 is 1.19 bits per heavy atom. The van der Waals surface area contributed by atoms with E-state index in [1.807, 2.05) is 27.2 Å². The highest BCUT2D eigenvalue weighted by atomic mass is 31.2. The standard InChI is InChI=1S/C63H119N2O6P/c1-6-8-10-12-14-16-18-20-22-24-25-26-27-28-29-30-31-32-33-34-35-36-37-38-39-41-43-45-47-49-51-53-55-57-63(67)64-61(60-71-72(68,69)70-59-58-65(3,4)5)62(66)56-54-52-50-48-46-44-42-40-23-21-19-17-15-13-11-9-7-2/h23,25-26,28-29,40,46,48,54,56,61-62,66H,6-22,24,27,30-39,41-45,47,49-53,55,57-60H2,1-5H3,(H-,64,67,68,69)/p+1/b26-25-,29-28-,40-23+,48-46+,56-54+. The molecule has 3 atom stereocenters. The van der Waals surface area contributed by atoms with Crippen molar-refractivity contribution in [1.82, 2.24) is 5.32 Å². The third-order valence-corrected chi connectivity index (χ3v) is 14.7. The number of amides is 1. The second-order valence-corrected chi connectivity index (χ2v) is 23.5. The van der Waals surface area contributed by atoms with Crippen LogP contribution >= 0.6 is 7.82 Å². The molecule has 0 saturated carbocycles. The van der Waals surface area contributed by atoms with Crippen molar-refractivity contribution >= 4 is 13.7 Å². The molecule has 0 saturated heterocycles. The van der Waals surface area contributed by atoms with Crippen LogP contribution < -0.4 is 5.32 Å². The van der Waals surface area contributed by atoms with Gasteiger partial charge in [-0.25, -0.2) is 4.57 Å². The second-order valence-electron chi connectivity index (χ2n) is 22.1. The van der Waals surface area contributed by atoms with Gasteiger partial charge in [0.2, 0.25) is 5.91 Å². The smallest absolute Gasteiger partial charge is 0.387 e. The molecule has 0 aliphatic heterocycles.